The quantitative estimate of drug-likeness (QED) is 0.895. The molecule has 0 radical (unpaired) electrons. The number of amides is 2. The zero-order valence-corrected chi connectivity index (χ0v) is 11.6. The fourth-order valence-electron chi connectivity index (χ4n) is 2.43. The van der Waals surface area contributed by atoms with Crippen LogP contribution in [0.25, 0.3) is 0 Å². The summed E-state index contributed by atoms with van der Waals surface area (Å²) < 4.78 is 0. The normalized spacial score (nSPS) is 23.4. The van der Waals surface area contributed by atoms with Gasteiger partial charge in [-0.3, -0.25) is 9.59 Å². The molecule has 2 rings (SSSR count). The van der Waals surface area contributed by atoms with Crippen molar-refractivity contribution in [1.29, 1.82) is 0 Å². The van der Waals surface area contributed by atoms with Crippen molar-refractivity contribution in [3.8, 4) is 0 Å². The first-order valence-electron chi connectivity index (χ1n) is 6.72. The lowest BCUT2D eigenvalue weighted by molar-refractivity contribution is -0.148. The molecule has 4 nitrogen and oxygen atoms in total. The molecule has 1 N–H and O–H groups in total. The van der Waals surface area contributed by atoms with E-state index in [-0.39, 0.29) is 11.8 Å². The molecule has 0 spiro atoms. The van der Waals surface area contributed by atoms with E-state index in [1.54, 1.807) is 18.7 Å². The molecular weight excluding hydrogens is 240 g/mol. The third kappa shape index (κ3) is 2.62. The van der Waals surface area contributed by atoms with Crippen LogP contribution in [-0.4, -0.2) is 28.8 Å². The Bertz CT molecular complexity index is 499. The molecular formula is C15H20N2O2. The number of rotatable bonds is 3. The van der Waals surface area contributed by atoms with Gasteiger partial charge in [-0.25, -0.2) is 0 Å². The van der Waals surface area contributed by atoms with Crippen LogP contribution in [-0.2, 0) is 22.6 Å². The Morgan fingerprint density at radius 3 is 2.42 bits per heavy atom. The Morgan fingerprint density at radius 2 is 1.79 bits per heavy atom. The van der Waals surface area contributed by atoms with Gasteiger partial charge in [-0.2, -0.15) is 0 Å². The maximum Gasteiger partial charge on any atom is 0.245 e. The van der Waals surface area contributed by atoms with Crippen molar-refractivity contribution >= 4 is 11.8 Å². The van der Waals surface area contributed by atoms with E-state index < -0.39 is 12.1 Å². The van der Waals surface area contributed by atoms with Crippen molar-refractivity contribution in [3.63, 3.8) is 0 Å². The molecule has 1 heterocycles. The van der Waals surface area contributed by atoms with Crippen molar-refractivity contribution in [2.45, 2.75) is 45.8 Å². The number of nitrogens with one attached hydrogen (secondary N) is 1. The third-order valence-corrected chi connectivity index (χ3v) is 3.70. The van der Waals surface area contributed by atoms with Gasteiger partial charge in [-0.1, -0.05) is 31.2 Å². The van der Waals surface area contributed by atoms with Crippen LogP contribution in [0.1, 0.15) is 31.9 Å². The fourth-order valence-corrected chi connectivity index (χ4v) is 2.43. The number of piperazine rings is 1. The van der Waals surface area contributed by atoms with Crippen molar-refractivity contribution in [3.05, 3.63) is 35.4 Å². The van der Waals surface area contributed by atoms with E-state index in [2.05, 4.69) is 18.3 Å². The van der Waals surface area contributed by atoms with Crippen LogP contribution in [0.4, 0.5) is 0 Å². The minimum atomic E-state index is -0.433. The van der Waals surface area contributed by atoms with Gasteiger partial charge in [-0.05, 0) is 31.4 Å². The number of carbonyl (C=O) groups excluding carboxylic acids is 2. The summed E-state index contributed by atoms with van der Waals surface area (Å²) in [5.41, 5.74) is 2.34. The molecule has 2 atom stereocenters. The summed E-state index contributed by atoms with van der Waals surface area (Å²) in [5.74, 6) is -0.0981. The molecule has 102 valence electrons. The van der Waals surface area contributed by atoms with Crippen molar-refractivity contribution in [2.24, 2.45) is 0 Å². The Labute approximate surface area is 113 Å². The van der Waals surface area contributed by atoms with Crippen LogP contribution in [0.15, 0.2) is 24.3 Å². The number of nitrogens with zero attached hydrogens (tertiary/aromatic N) is 1. The molecule has 0 aliphatic carbocycles. The minimum Gasteiger partial charge on any atom is -0.343 e. The monoisotopic (exact) mass is 260 g/mol. The van der Waals surface area contributed by atoms with Crippen LogP contribution in [0.3, 0.4) is 0 Å². The summed E-state index contributed by atoms with van der Waals surface area (Å²) in [7, 11) is 0. The first-order valence-corrected chi connectivity index (χ1v) is 6.72. The standard InChI is InChI=1S/C15H20N2O2/c1-4-12-7-5-6-8-13(12)9-17-11(3)14(18)16-10(2)15(17)19/h5-8,10-11H,4,9H2,1-3H3,(H,16,18). The number of aryl methyl sites for hydroxylation is 1. The van der Waals surface area contributed by atoms with Gasteiger partial charge in [0.05, 0.1) is 0 Å². The maximum absolute atomic E-state index is 12.2. The molecule has 1 aromatic carbocycles. The Kier molecular flexibility index (Phi) is 3.88. The number of hydrogen-bond acceptors (Lipinski definition) is 2. The maximum atomic E-state index is 12.2. The summed E-state index contributed by atoms with van der Waals surface area (Å²) in [6, 6.07) is 7.22. The molecule has 2 unspecified atom stereocenters. The minimum absolute atomic E-state index is 0.0157. The number of benzene rings is 1. The Balaban J connectivity index is 2.25. The van der Waals surface area contributed by atoms with E-state index in [0.717, 1.165) is 12.0 Å². The fraction of sp³-hybridized carbons (Fsp3) is 0.467. The summed E-state index contributed by atoms with van der Waals surface area (Å²) in [4.78, 5) is 25.7. The zero-order valence-electron chi connectivity index (χ0n) is 11.6. The molecule has 0 aromatic heterocycles. The average Bonchev–Trinajstić information content (AvgIpc) is 2.42. The smallest absolute Gasteiger partial charge is 0.245 e. The van der Waals surface area contributed by atoms with Crippen LogP contribution >= 0.6 is 0 Å². The number of hydrogen-bond donors (Lipinski definition) is 1. The van der Waals surface area contributed by atoms with Gasteiger partial charge in [0.25, 0.3) is 0 Å². The van der Waals surface area contributed by atoms with Gasteiger partial charge >= 0.3 is 0 Å². The van der Waals surface area contributed by atoms with Crippen LogP contribution < -0.4 is 5.32 Å². The lowest BCUT2D eigenvalue weighted by atomic mass is 10.0. The Hall–Kier alpha value is -1.84. The summed E-state index contributed by atoms with van der Waals surface area (Å²) in [6.07, 6.45) is 0.925. The second-order valence-electron chi connectivity index (χ2n) is 4.99. The lowest BCUT2D eigenvalue weighted by Gasteiger charge is -2.36. The highest BCUT2D eigenvalue weighted by molar-refractivity contribution is 5.96. The zero-order chi connectivity index (χ0) is 14.0. The Morgan fingerprint density at radius 1 is 1.16 bits per heavy atom. The predicted octanol–water partition coefficient (Wildman–Crippen LogP) is 1.48. The van der Waals surface area contributed by atoms with Gasteiger partial charge in [0.15, 0.2) is 0 Å². The van der Waals surface area contributed by atoms with Gasteiger partial charge < -0.3 is 10.2 Å². The molecule has 1 fully saturated rings. The van der Waals surface area contributed by atoms with Crippen molar-refractivity contribution < 1.29 is 9.59 Å². The first-order chi connectivity index (χ1) is 9.04. The van der Waals surface area contributed by atoms with Crippen LogP contribution in [0.2, 0.25) is 0 Å². The molecule has 4 heteroatoms. The topological polar surface area (TPSA) is 49.4 Å². The second kappa shape index (κ2) is 5.43. The summed E-state index contributed by atoms with van der Waals surface area (Å²) >= 11 is 0. The average molecular weight is 260 g/mol. The summed E-state index contributed by atoms with van der Waals surface area (Å²) in [6.45, 7) is 6.09. The lowest BCUT2D eigenvalue weighted by Crippen LogP contribution is -2.61. The highest BCUT2D eigenvalue weighted by Gasteiger charge is 2.35. The van der Waals surface area contributed by atoms with Crippen molar-refractivity contribution in [2.75, 3.05) is 0 Å². The SMILES string of the molecule is CCc1ccccc1CN1C(=O)C(C)NC(=O)C1C. The molecule has 2 amide bonds. The van der Waals surface area contributed by atoms with Gasteiger partial charge in [-0.15, -0.1) is 0 Å². The molecule has 1 saturated heterocycles. The second-order valence-corrected chi connectivity index (χ2v) is 4.99. The van der Waals surface area contributed by atoms with Gasteiger partial charge in [0.2, 0.25) is 11.8 Å². The van der Waals surface area contributed by atoms with Gasteiger partial charge in [0, 0.05) is 6.54 Å². The molecule has 19 heavy (non-hydrogen) atoms. The first kappa shape index (κ1) is 13.6. The van der Waals surface area contributed by atoms with E-state index in [9.17, 15) is 9.59 Å². The molecule has 0 saturated carbocycles. The summed E-state index contributed by atoms with van der Waals surface area (Å²) in [5, 5.41) is 2.69. The molecule has 0 bridgehead atoms. The van der Waals surface area contributed by atoms with Crippen LogP contribution in [0, 0.1) is 0 Å². The van der Waals surface area contributed by atoms with E-state index in [1.165, 1.54) is 5.56 Å². The predicted molar refractivity (Wildman–Crippen MR) is 73.4 cm³/mol. The highest BCUT2D eigenvalue weighted by Crippen LogP contribution is 2.17. The van der Waals surface area contributed by atoms with E-state index in [4.69, 9.17) is 0 Å². The number of carbonyl (C=O) groups is 2. The third-order valence-electron chi connectivity index (χ3n) is 3.70. The molecule has 1 aromatic rings. The van der Waals surface area contributed by atoms with Crippen molar-refractivity contribution in [1.82, 2.24) is 10.2 Å². The largest absolute Gasteiger partial charge is 0.343 e. The highest BCUT2D eigenvalue weighted by atomic mass is 16.2. The van der Waals surface area contributed by atoms with E-state index in [0.29, 0.717) is 6.54 Å². The van der Waals surface area contributed by atoms with E-state index in [1.807, 2.05) is 18.2 Å². The molecule has 1 aliphatic heterocycles. The van der Waals surface area contributed by atoms with Crippen LogP contribution in [0.5, 0.6) is 0 Å². The van der Waals surface area contributed by atoms with E-state index >= 15 is 0 Å². The van der Waals surface area contributed by atoms with Gasteiger partial charge in [0.1, 0.15) is 12.1 Å². The molecule has 1 aliphatic rings.